The predicted molar refractivity (Wildman–Crippen MR) is 130 cm³/mol. The van der Waals surface area contributed by atoms with Gasteiger partial charge in [0.2, 0.25) is 0 Å². The van der Waals surface area contributed by atoms with E-state index in [0.29, 0.717) is 11.0 Å². The van der Waals surface area contributed by atoms with Gasteiger partial charge in [-0.2, -0.15) is 0 Å². The molecule has 0 unspecified atom stereocenters. The van der Waals surface area contributed by atoms with Crippen LogP contribution >= 0.6 is 22.7 Å². The SMILES string of the molecule is COc1ccc(-c2nc(Nc3ncc(-c4cccs4)cc3C(=O)O)sc2CC(C)C)cc1. The fourth-order valence-corrected chi connectivity index (χ4v) is 5.20. The van der Waals surface area contributed by atoms with Crippen LogP contribution in [0.15, 0.2) is 54.0 Å². The molecule has 3 aromatic heterocycles. The molecular weight excluding hydrogens is 442 g/mol. The molecule has 0 aliphatic rings. The Kier molecular flexibility index (Phi) is 6.53. The van der Waals surface area contributed by atoms with Gasteiger partial charge >= 0.3 is 5.97 Å². The summed E-state index contributed by atoms with van der Waals surface area (Å²) < 4.78 is 5.26. The summed E-state index contributed by atoms with van der Waals surface area (Å²) in [6, 6.07) is 13.3. The zero-order valence-corrected chi connectivity index (χ0v) is 19.6. The highest BCUT2D eigenvalue weighted by Crippen LogP contribution is 2.36. The van der Waals surface area contributed by atoms with Crippen LogP contribution in [0.5, 0.6) is 5.75 Å². The maximum Gasteiger partial charge on any atom is 0.339 e. The minimum Gasteiger partial charge on any atom is -0.497 e. The lowest BCUT2D eigenvalue weighted by molar-refractivity contribution is 0.0697. The third-order valence-corrected chi connectivity index (χ3v) is 6.72. The molecule has 32 heavy (non-hydrogen) atoms. The average Bonchev–Trinajstić information content (AvgIpc) is 3.44. The van der Waals surface area contributed by atoms with Gasteiger partial charge < -0.3 is 15.2 Å². The Bertz CT molecular complexity index is 1220. The van der Waals surface area contributed by atoms with E-state index in [2.05, 4.69) is 24.1 Å². The molecule has 0 aliphatic carbocycles. The van der Waals surface area contributed by atoms with Crippen molar-refractivity contribution >= 4 is 39.6 Å². The van der Waals surface area contributed by atoms with Gasteiger partial charge in [0.15, 0.2) is 5.13 Å². The number of carbonyl (C=O) groups is 1. The van der Waals surface area contributed by atoms with Gasteiger partial charge in [0.1, 0.15) is 17.1 Å². The number of carboxylic acids is 1. The molecule has 8 heteroatoms. The Labute approximate surface area is 194 Å². The van der Waals surface area contributed by atoms with Gasteiger partial charge in [-0.15, -0.1) is 22.7 Å². The van der Waals surface area contributed by atoms with Crippen molar-refractivity contribution in [3.63, 3.8) is 0 Å². The number of pyridine rings is 1. The van der Waals surface area contributed by atoms with E-state index in [1.807, 2.05) is 41.8 Å². The molecule has 2 N–H and O–H groups in total. The van der Waals surface area contributed by atoms with E-state index in [4.69, 9.17) is 9.72 Å². The smallest absolute Gasteiger partial charge is 0.339 e. The van der Waals surface area contributed by atoms with E-state index in [9.17, 15) is 9.90 Å². The number of thiophene rings is 1. The van der Waals surface area contributed by atoms with Crippen molar-refractivity contribution in [2.75, 3.05) is 12.4 Å². The Balaban J connectivity index is 1.69. The number of aromatic nitrogens is 2. The number of hydrogen-bond donors (Lipinski definition) is 2. The number of anilines is 2. The van der Waals surface area contributed by atoms with Crippen LogP contribution in [0.3, 0.4) is 0 Å². The predicted octanol–water partition coefficient (Wildman–Crippen LogP) is 6.58. The van der Waals surface area contributed by atoms with E-state index < -0.39 is 5.97 Å². The zero-order valence-electron chi connectivity index (χ0n) is 18.0. The third kappa shape index (κ3) is 4.81. The number of benzene rings is 1. The number of rotatable bonds is 8. The quantitative estimate of drug-likeness (QED) is 0.306. The van der Waals surface area contributed by atoms with E-state index in [1.54, 1.807) is 30.7 Å². The molecule has 3 heterocycles. The van der Waals surface area contributed by atoms with Gasteiger partial charge in [-0.05, 0) is 54.1 Å². The highest BCUT2D eigenvalue weighted by molar-refractivity contribution is 7.16. The molecule has 0 bridgehead atoms. The lowest BCUT2D eigenvalue weighted by Crippen LogP contribution is -2.05. The maximum absolute atomic E-state index is 11.9. The second kappa shape index (κ2) is 9.50. The third-order valence-electron chi connectivity index (χ3n) is 4.80. The van der Waals surface area contributed by atoms with Crippen molar-refractivity contribution in [1.29, 1.82) is 0 Å². The van der Waals surface area contributed by atoms with Gasteiger partial charge in [0, 0.05) is 27.1 Å². The van der Waals surface area contributed by atoms with E-state index in [-0.39, 0.29) is 11.4 Å². The number of thiazole rings is 1. The average molecular weight is 466 g/mol. The van der Waals surface area contributed by atoms with Crippen LogP contribution in [0.2, 0.25) is 0 Å². The first-order chi connectivity index (χ1) is 15.4. The van der Waals surface area contributed by atoms with Crippen LogP contribution < -0.4 is 10.1 Å². The van der Waals surface area contributed by atoms with Gasteiger partial charge in [-0.1, -0.05) is 19.9 Å². The van der Waals surface area contributed by atoms with Crippen molar-refractivity contribution in [3.8, 4) is 27.4 Å². The normalized spacial score (nSPS) is 11.0. The zero-order chi connectivity index (χ0) is 22.7. The topological polar surface area (TPSA) is 84.3 Å². The van der Waals surface area contributed by atoms with Crippen LogP contribution in [0.1, 0.15) is 29.1 Å². The molecule has 0 saturated heterocycles. The first-order valence-electron chi connectivity index (χ1n) is 10.1. The molecule has 0 saturated carbocycles. The van der Waals surface area contributed by atoms with Crippen LogP contribution in [0.25, 0.3) is 21.7 Å². The van der Waals surface area contributed by atoms with E-state index >= 15 is 0 Å². The summed E-state index contributed by atoms with van der Waals surface area (Å²) in [5, 5.41) is 15.5. The summed E-state index contributed by atoms with van der Waals surface area (Å²) in [7, 11) is 1.64. The second-order valence-electron chi connectivity index (χ2n) is 7.64. The molecule has 6 nitrogen and oxygen atoms in total. The number of methoxy groups -OCH3 is 1. The molecule has 4 aromatic rings. The number of hydrogen-bond acceptors (Lipinski definition) is 7. The second-order valence-corrected chi connectivity index (χ2v) is 9.68. The Hall–Kier alpha value is -3.23. The summed E-state index contributed by atoms with van der Waals surface area (Å²) in [4.78, 5) is 23.2. The minimum atomic E-state index is -1.03. The summed E-state index contributed by atoms with van der Waals surface area (Å²) in [6.07, 6.45) is 2.56. The molecule has 0 radical (unpaired) electrons. The first kappa shape index (κ1) is 22.0. The number of aromatic carboxylic acids is 1. The van der Waals surface area contributed by atoms with E-state index in [0.717, 1.165) is 38.7 Å². The number of nitrogens with zero attached hydrogens (tertiary/aromatic N) is 2. The van der Waals surface area contributed by atoms with Crippen molar-refractivity contribution in [2.24, 2.45) is 5.92 Å². The van der Waals surface area contributed by atoms with Gasteiger partial charge in [-0.25, -0.2) is 14.8 Å². The van der Waals surface area contributed by atoms with Crippen molar-refractivity contribution in [3.05, 3.63) is 64.5 Å². The summed E-state index contributed by atoms with van der Waals surface area (Å²) in [5.74, 6) is 0.489. The van der Waals surface area contributed by atoms with Crippen molar-refractivity contribution in [1.82, 2.24) is 9.97 Å². The van der Waals surface area contributed by atoms with Crippen LogP contribution in [-0.2, 0) is 6.42 Å². The fraction of sp³-hybridized carbons (Fsp3) is 0.208. The molecule has 0 amide bonds. The first-order valence-corrected chi connectivity index (χ1v) is 11.8. The summed E-state index contributed by atoms with van der Waals surface area (Å²) in [6.45, 7) is 4.33. The fourth-order valence-electron chi connectivity index (χ4n) is 3.30. The molecule has 164 valence electrons. The molecule has 0 fully saturated rings. The lowest BCUT2D eigenvalue weighted by Gasteiger charge is -2.07. The van der Waals surface area contributed by atoms with Gasteiger partial charge in [-0.3, -0.25) is 0 Å². The Morgan fingerprint density at radius 3 is 2.59 bits per heavy atom. The van der Waals surface area contributed by atoms with Gasteiger partial charge in [0.25, 0.3) is 0 Å². The number of nitrogens with one attached hydrogen (secondary N) is 1. The molecule has 0 spiro atoms. The highest BCUT2D eigenvalue weighted by Gasteiger charge is 2.19. The molecule has 4 rings (SSSR count). The van der Waals surface area contributed by atoms with Crippen LogP contribution in [0, 0.1) is 5.92 Å². The summed E-state index contributed by atoms with van der Waals surface area (Å²) >= 11 is 3.07. The van der Waals surface area contributed by atoms with Crippen molar-refractivity contribution < 1.29 is 14.6 Å². The molecule has 1 aromatic carbocycles. The van der Waals surface area contributed by atoms with Crippen LogP contribution in [0.4, 0.5) is 10.9 Å². The molecular formula is C24H23N3O3S2. The van der Waals surface area contributed by atoms with E-state index in [1.165, 1.54) is 11.3 Å². The molecule has 0 aliphatic heterocycles. The highest BCUT2D eigenvalue weighted by atomic mass is 32.1. The standard InChI is InChI=1S/C24H23N3O3S2/c1-14(2)11-20-21(15-6-8-17(30-3)9-7-15)26-24(32-20)27-22-18(23(28)29)12-16(13-25-22)19-5-4-10-31-19/h4-10,12-14H,11H2,1-3H3,(H,28,29)(H,25,26,27). The maximum atomic E-state index is 11.9. The van der Waals surface area contributed by atoms with Gasteiger partial charge in [0.05, 0.1) is 12.8 Å². The monoisotopic (exact) mass is 465 g/mol. The summed E-state index contributed by atoms with van der Waals surface area (Å²) in [5.41, 5.74) is 2.77. The molecule has 0 atom stereocenters. The van der Waals surface area contributed by atoms with Crippen molar-refractivity contribution in [2.45, 2.75) is 20.3 Å². The number of carboxylic acid groups (broad SMARTS) is 1. The minimum absolute atomic E-state index is 0.113. The number of ether oxygens (including phenoxy) is 1. The largest absolute Gasteiger partial charge is 0.497 e. The van der Waals surface area contributed by atoms with Crippen LogP contribution in [-0.4, -0.2) is 28.2 Å². The Morgan fingerprint density at radius 2 is 1.97 bits per heavy atom. The Morgan fingerprint density at radius 1 is 1.19 bits per heavy atom. The lowest BCUT2D eigenvalue weighted by atomic mass is 10.0.